The zero-order valence-corrected chi connectivity index (χ0v) is 15.3. The lowest BCUT2D eigenvalue weighted by atomic mass is 10.2. The molecule has 0 unspecified atom stereocenters. The van der Waals surface area contributed by atoms with Gasteiger partial charge in [0.2, 0.25) is 0 Å². The van der Waals surface area contributed by atoms with Gasteiger partial charge in [-0.1, -0.05) is 30.3 Å². The van der Waals surface area contributed by atoms with E-state index >= 15 is 0 Å². The summed E-state index contributed by atoms with van der Waals surface area (Å²) < 4.78 is 0. The summed E-state index contributed by atoms with van der Waals surface area (Å²) >= 11 is 0. The SMILES string of the molecule is CCN(Cc1ccccc1)C(=O)c1cc(NCCCN(C)C)ncn1. The van der Waals surface area contributed by atoms with Gasteiger partial charge in [0.1, 0.15) is 17.8 Å². The van der Waals surface area contributed by atoms with Crippen LogP contribution >= 0.6 is 0 Å². The largest absolute Gasteiger partial charge is 0.370 e. The van der Waals surface area contributed by atoms with Crippen molar-refractivity contribution in [1.82, 2.24) is 19.8 Å². The molecule has 0 fully saturated rings. The molecule has 25 heavy (non-hydrogen) atoms. The van der Waals surface area contributed by atoms with Gasteiger partial charge in [-0.05, 0) is 39.5 Å². The van der Waals surface area contributed by atoms with Crippen LogP contribution in [-0.4, -0.2) is 59.4 Å². The molecule has 0 spiro atoms. The normalized spacial score (nSPS) is 10.7. The van der Waals surface area contributed by atoms with Crippen LogP contribution in [0.3, 0.4) is 0 Å². The summed E-state index contributed by atoms with van der Waals surface area (Å²) in [5, 5.41) is 3.25. The van der Waals surface area contributed by atoms with Crippen molar-refractivity contribution in [2.45, 2.75) is 19.9 Å². The molecule has 6 nitrogen and oxygen atoms in total. The fourth-order valence-corrected chi connectivity index (χ4v) is 2.48. The van der Waals surface area contributed by atoms with Gasteiger partial charge in [0, 0.05) is 25.7 Å². The molecule has 0 saturated heterocycles. The lowest BCUT2D eigenvalue weighted by Gasteiger charge is -2.20. The number of rotatable bonds is 9. The number of nitrogens with one attached hydrogen (secondary N) is 1. The minimum absolute atomic E-state index is 0.0786. The summed E-state index contributed by atoms with van der Waals surface area (Å²) in [6.45, 7) is 4.99. The van der Waals surface area contributed by atoms with Crippen LogP contribution in [0.15, 0.2) is 42.7 Å². The Balaban J connectivity index is 1.98. The van der Waals surface area contributed by atoms with Crippen molar-refractivity contribution in [3.63, 3.8) is 0 Å². The van der Waals surface area contributed by atoms with Crippen LogP contribution < -0.4 is 5.32 Å². The summed E-state index contributed by atoms with van der Waals surface area (Å²) in [5.74, 6) is 0.609. The van der Waals surface area contributed by atoms with Gasteiger partial charge >= 0.3 is 0 Å². The standard InChI is InChI=1S/C19H27N5O/c1-4-24(14-16-9-6-5-7-10-16)19(25)17-13-18(22-15-21-17)20-11-8-12-23(2)3/h5-7,9-10,13,15H,4,8,11-12,14H2,1-3H3,(H,20,21,22). The van der Waals surface area contributed by atoms with Crippen molar-refractivity contribution in [2.24, 2.45) is 0 Å². The average molecular weight is 341 g/mol. The number of hydrogen-bond acceptors (Lipinski definition) is 5. The number of carbonyl (C=O) groups excluding carboxylic acids is 1. The van der Waals surface area contributed by atoms with Crippen LogP contribution in [0.1, 0.15) is 29.4 Å². The average Bonchev–Trinajstić information content (AvgIpc) is 2.63. The minimum Gasteiger partial charge on any atom is -0.370 e. The van der Waals surface area contributed by atoms with Crippen LogP contribution in [-0.2, 0) is 6.54 Å². The van der Waals surface area contributed by atoms with E-state index in [1.807, 2.05) is 51.4 Å². The Morgan fingerprint density at radius 3 is 2.60 bits per heavy atom. The maximum absolute atomic E-state index is 12.8. The van der Waals surface area contributed by atoms with E-state index in [9.17, 15) is 4.79 Å². The van der Waals surface area contributed by atoms with E-state index in [1.165, 1.54) is 6.33 Å². The molecule has 1 aromatic carbocycles. The van der Waals surface area contributed by atoms with Crippen LogP contribution in [0.4, 0.5) is 5.82 Å². The second kappa shape index (κ2) is 9.74. The molecule has 0 atom stereocenters. The van der Waals surface area contributed by atoms with Crippen molar-refractivity contribution >= 4 is 11.7 Å². The Hall–Kier alpha value is -2.47. The van der Waals surface area contributed by atoms with E-state index in [-0.39, 0.29) is 5.91 Å². The van der Waals surface area contributed by atoms with Gasteiger partial charge in [-0.3, -0.25) is 4.79 Å². The number of carbonyl (C=O) groups is 1. The lowest BCUT2D eigenvalue weighted by Crippen LogP contribution is -2.31. The molecule has 134 valence electrons. The molecule has 1 amide bonds. The number of hydrogen-bond donors (Lipinski definition) is 1. The molecule has 0 aliphatic rings. The number of benzene rings is 1. The Kier molecular flexibility index (Phi) is 7.35. The molecule has 2 aromatic rings. The minimum atomic E-state index is -0.0786. The molecule has 1 N–H and O–H groups in total. The first-order chi connectivity index (χ1) is 12.1. The third-order valence-electron chi connectivity index (χ3n) is 3.86. The van der Waals surface area contributed by atoms with E-state index in [0.717, 1.165) is 25.1 Å². The summed E-state index contributed by atoms with van der Waals surface area (Å²) in [5.41, 5.74) is 1.52. The Morgan fingerprint density at radius 2 is 1.92 bits per heavy atom. The highest BCUT2D eigenvalue weighted by Crippen LogP contribution is 2.11. The predicted molar refractivity (Wildman–Crippen MR) is 101 cm³/mol. The van der Waals surface area contributed by atoms with Crippen LogP contribution in [0.2, 0.25) is 0 Å². The lowest BCUT2D eigenvalue weighted by molar-refractivity contribution is 0.0746. The summed E-state index contributed by atoms with van der Waals surface area (Å²) in [6.07, 6.45) is 2.45. The first-order valence-corrected chi connectivity index (χ1v) is 8.64. The highest BCUT2D eigenvalue weighted by atomic mass is 16.2. The zero-order chi connectivity index (χ0) is 18.1. The molecule has 0 saturated carbocycles. The highest BCUT2D eigenvalue weighted by Gasteiger charge is 2.16. The molecule has 6 heteroatoms. The van der Waals surface area contributed by atoms with Crippen LogP contribution in [0.25, 0.3) is 0 Å². The monoisotopic (exact) mass is 341 g/mol. The Morgan fingerprint density at radius 1 is 1.16 bits per heavy atom. The first-order valence-electron chi connectivity index (χ1n) is 8.64. The third kappa shape index (κ3) is 6.15. The van der Waals surface area contributed by atoms with Crippen molar-refractivity contribution in [2.75, 3.05) is 39.0 Å². The van der Waals surface area contributed by atoms with Gasteiger partial charge in [0.05, 0.1) is 0 Å². The maximum atomic E-state index is 12.8. The van der Waals surface area contributed by atoms with Crippen LogP contribution in [0, 0.1) is 0 Å². The summed E-state index contributed by atoms with van der Waals surface area (Å²) in [6, 6.07) is 11.7. The molecule has 2 rings (SSSR count). The van der Waals surface area contributed by atoms with Gasteiger partial charge in [-0.2, -0.15) is 0 Å². The van der Waals surface area contributed by atoms with E-state index in [0.29, 0.717) is 24.6 Å². The molecule has 0 radical (unpaired) electrons. The smallest absolute Gasteiger partial charge is 0.272 e. The maximum Gasteiger partial charge on any atom is 0.272 e. The molecule has 1 aromatic heterocycles. The second-order valence-electron chi connectivity index (χ2n) is 6.18. The molecular formula is C19H27N5O. The predicted octanol–water partition coefficient (Wildman–Crippen LogP) is 2.50. The topological polar surface area (TPSA) is 61.4 Å². The number of nitrogens with zero attached hydrogens (tertiary/aromatic N) is 4. The highest BCUT2D eigenvalue weighted by molar-refractivity contribution is 5.92. The fourth-order valence-electron chi connectivity index (χ4n) is 2.48. The Labute approximate surface area is 149 Å². The van der Waals surface area contributed by atoms with Crippen molar-refractivity contribution in [1.29, 1.82) is 0 Å². The van der Waals surface area contributed by atoms with E-state index in [1.54, 1.807) is 11.0 Å². The molecule has 0 bridgehead atoms. The van der Waals surface area contributed by atoms with Crippen molar-refractivity contribution in [3.05, 3.63) is 54.0 Å². The molecule has 0 aliphatic heterocycles. The van der Waals surface area contributed by atoms with E-state index < -0.39 is 0 Å². The van der Waals surface area contributed by atoms with Crippen LogP contribution in [0.5, 0.6) is 0 Å². The fraction of sp³-hybridized carbons (Fsp3) is 0.421. The first kappa shape index (κ1) is 18.9. The quantitative estimate of drug-likeness (QED) is 0.710. The van der Waals surface area contributed by atoms with Gasteiger partial charge in [0.25, 0.3) is 5.91 Å². The van der Waals surface area contributed by atoms with Gasteiger partial charge in [-0.25, -0.2) is 9.97 Å². The number of aromatic nitrogens is 2. The third-order valence-corrected chi connectivity index (χ3v) is 3.86. The molecular weight excluding hydrogens is 314 g/mol. The molecule has 0 aliphatic carbocycles. The van der Waals surface area contributed by atoms with Gasteiger partial charge < -0.3 is 15.1 Å². The van der Waals surface area contributed by atoms with Crippen molar-refractivity contribution < 1.29 is 4.79 Å². The number of amides is 1. The van der Waals surface area contributed by atoms with Gasteiger partial charge in [0.15, 0.2) is 0 Å². The molecule has 1 heterocycles. The second-order valence-corrected chi connectivity index (χ2v) is 6.18. The van der Waals surface area contributed by atoms with E-state index in [2.05, 4.69) is 20.2 Å². The summed E-state index contributed by atoms with van der Waals surface area (Å²) in [4.78, 5) is 25.0. The Bertz CT molecular complexity index is 660. The zero-order valence-electron chi connectivity index (χ0n) is 15.3. The number of anilines is 1. The summed E-state index contributed by atoms with van der Waals surface area (Å²) in [7, 11) is 4.10. The van der Waals surface area contributed by atoms with Gasteiger partial charge in [-0.15, -0.1) is 0 Å². The van der Waals surface area contributed by atoms with E-state index in [4.69, 9.17) is 0 Å². The van der Waals surface area contributed by atoms with Crippen molar-refractivity contribution in [3.8, 4) is 0 Å².